The highest BCUT2D eigenvalue weighted by atomic mass is 15.3. The molecule has 1 aliphatic rings. The van der Waals surface area contributed by atoms with Crippen LogP contribution >= 0.6 is 0 Å². The molecule has 0 spiro atoms. The minimum absolute atomic E-state index is 0.431. The molecule has 1 aromatic rings. The monoisotopic (exact) mass is 277 g/mol. The molecule has 20 heavy (non-hydrogen) atoms. The first kappa shape index (κ1) is 15.6. The molecule has 3 atom stereocenters. The van der Waals surface area contributed by atoms with Gasteiger partial charge in [-0.2, -0.15) is 5.10 Å². The van der Waals surface area contributed by atoms with Crippen molar-refractivity contribution in [1.82, 2.24) is 15.1 Å². The summed E-state index contributed by atoms with van der Waals surface area (Å²) in [6, 6.07) is 3.44. The molecule has 3 nitrogen and oxygen atoms in total. The average molecular weight is 277 g/mol. The van der Waals surface area contributed by atoms with Crippen LogP contribution in [0.5, 0.6) is 0 Å². The highest BCUT2D eigenvalue weighted by Crippen LogP contribution is 2.40. The fourth-order valence-corrected chi connectivity index (χ4v) is 3.35. The van der Waals surface area contributed by atoms with Gasteiger partial charge in [-0.1, -0.05) is 20.8 Å². The Morgan fingerprint density at radius 3 is 3.00 bits per heavy atom. The molecule has 0 aromatic carbocycles. The van der Waals surface area contributed by atoms with Gasteiger partial charge in [0.25, 0.3) is 0 Å². The molecule has 3 heteroatoms. The highest BCUT2D eigenvalue weighted by Gasteiger charge is 2.35. The fourth-order valence-electron chi connectivity index (χ4n) is 3.35. The van der Waals surface area contributed by atoms with E-state index >= 15 is 0 Å². The number of hydrogen-bond acceptors (Lipinski definition) is 2. The van der Waals surface area contributed by atoms with Gasteiger partial charge in [0.05, 0.1) is 5.69 Å². The van der Waals surface area contributed by atoms with Gasteiger partial charge < -0.3 is 5.32 Å². The minimum Gasteiger partial charge on any atom is -0.314 e. The third kappa shape index (κ3) is 3.85. The zero-order valence-corrected chi connectivity index (χ0v) is 13.7. The molecule has 1 heterocycles. The van der Waals surface area contributed by atoms with Crippen LogP contribution in [0.3, 0.4) is 0 Å². The molecule has 0 aliphatic heterocycles. The Hall–Kier alpha value is -0.830. The van der Waals surface area contributed by atoms with Gasteiger partial charge in [-0.25, -0.2) is 0 Å². The average Bonchev–Trinajstić information content (AvgIpc) is 3.03. The van der Waals surface area contributed by atoms with Gasteiger partial charge >= 0.3 is 0 Å². The topological polar surface area (TPSA) is 29.9 Å². The molecule has 1 saturated carbocycles. The minimum atomic E-state index is 0.431. The molecule has 114 valence electrons. The number of hydrogen-bond donors (Lipinski definition) is 1. The third-order valence-corrected chi connectivity index (χ3v) is 4.83. The van der Waals surface area contributed by atoms with Crippen molar-refractivity contribution in [3.63, 3.8) is 0 Å². The Labute approximate surface area is 124 Å². The van der Waals surface area contributed by atoms with Crippen LogP contribution < -0.4 is 5.32 Å². The lowest BCUT2D eigenvalue weighted by Crippen LogP contribution is -2.29. The summed E-state index contributed by atoms with van der Waals surface area (Å²) in [7, 11) is 0. The Morgan fingerprint density at radius 2 is 2.30 bits per heavy atom. The lowest BCUT2D eigenvalue weighted by molar-refractivity contribution is 0.316. The van der Waals surface area contributed by atoms with Gasteiger partial charge in [0.2, 0.25) is 0 Å². The fraction of sp³-hybridized carbons (Fsp3) is 0.824. The van der Waals surface area contributed by atoms with Gasteiger partial charge in [-0.3, -0.25) is 4.68 Å². The summed E-state index contributed by atoms with van der Waals surface area (Å²) < 4.78 is 2.13. The van der Waals surface area contributed by atoms with Gasteiger partial charge in [0.1, 0.15) is 0 Å². The molecule has 3 unspecified atom stereocenters. The number of nitrogens with one attached hydrogen (secondary N) is 1. The summed E-state index contributed by atoms with van der Waals surface area (Å²) in [5, 5.41) is 8.45. The first-order valence-corrected chi connectivity index (χ1v) is 8.33. The van der Waals surface area contributed by atoms with Crippen molar-refractivity contribution in [1.29, 1.82) is 0 Å². The largest absolute Gasteiger partial charge is 0.314 e. The third-order valence-electron chi connectivity index (χ3n) is 4.83. The molecule has 1 aliphatic carbocycles. The summed E-state index contributed by atoms with van der Waals surface area (Å²) in [6.07, 6.45) is 9.58. The Morgan fingerprint density at radius 1 is 1.50 bits per heavy atom. The normalized spacial score (nSPS) is 27.9. The van der Waals surface area contributed by atoms with Crippen LogP contribution in [0.1, 0.15) is 71.5 Å². The van der Waals surface area contributed by atoms with E-state index in [4.69, 9.17) is 5.10 Å². The molecule has 0 amide bonds. The molecule has 1 fully saturated rings. The molecule has 1 N–H and O–H groups in total. The smallest absolute Gasteiger partial charge is 0.0630 e. The van der Waals surface area contributed by atoms with E-state index in [1.165, 1.54) is 31.4 Å². The Balaban J connectivity index is 1.91. The van der Waals surface area contributed by atoms with E-state index in [9.17, 15) is 0 Å². The van der Waals surface area contributed by atoms with Crippen molar-refractivity contribution in [3.05, 3.63) is 18.0 Å². The Bertz CT molecular complexity index is 412. The second kappa shape index (κ2) is 6.75. The van der Waals surface area contributed by atoms with Gasteiger partial charge in [-0.05, 0) is 63.5 Å². The maximum Gasteiger partial charge on any atom is 0.0630 e. The second-order valence-corrected chi connectivity index (χ2v) is 6.93. The zero-order chi connectivity index (χ0) is 14.6. The molecule has 1 aromatic heterocycles. The SMILES string of the molecule is CCCNC1CCC(C)(Cc2ccn(C(C)CC)n2)C1. The van der Waals surface area contributed by atoms with E-state index in [0.717, 1.165) is 25.4 Å². The molecular formula is C17H31N3. The van der Waals surface area contributed by atoms with Crippen LogP contribution in [-0.2, 0) is 6.42 Å². The van der Waals surface area contributed by atoms with Gasteiger partial charge in [-0.15, -0.1) is 0 Å². The van der Waals surface area contributed by atoms with Crippen LogP contribution in [-0.4, -0.2) is 22.4 Å². The van der Waals surface area contributed by atoms with Crippen molar-refractivity contribution in [2.45, 2.75) is 78.3 Å². The molecule has 0 bridgehead atoms. The lowest BCUT2D eigenvalue weighted by Gasteiger charge is -2.23. The maximum absolute atomic E-state index is 4.77. The number of nitrogens with zero attached hydrogens (tertiary/aromatic N) is 2. The maximum atomic E-state index is 4.77. The van der Waals surface area contributed by atoms with Crippen LogP contribution in [0.25, 0.3) is 0 Å². The van der Waals surface area contributed by atoms with Crippen molar-refractivity contribution in [2.75, 3.05) is 6.54 Å². The first-order valence-electron chi connectivity index (χ1n) is 8.33. The number of rotatable bonds is 7. The van der Waals surface area contributed by atoms with E-state index in [2.05, 4.69) is 50.0 Å². The Kier molecular flexibility index (Phi) is 5.25. The standard InChI is InChI=1S/C17H31N3/c1-5-10-18-15-7-9-17(4,12-15)13-16-8-11-20(19-16)14(3)6-2/h8,11,14-15,18H,5-7,9-10,12-13H2,1-4H3. The van der Waals surface area contributed by atoms with Crippen molar-refractivity contribution < 1.29 is 0 Å². The number of aromatic nitrogens is 2. The summed E-state index contributed by atoms with van der Waals surface area (Å²) in [4.78, 5) is 0. The van der Waals surface area contributed by atoms with Crippen molar-refractivity contribution in [2.24, 2.45) is 5.41 Å². The molecule has 2 rings (SSSR count). The predicted octanol–water partition coefficient (Wildman–Crippen LogP) is 3.96. The van der Waals surface area contributed by atoms with E-state index in [1.807, 2.05) is 0 Å². The van der Waals surface area contributed by atoms with Crippen LogP contribution in [0.2, 0.25) is 0 Å². The van der Waals surface area contributed by atoms with E-state index < -0.39 is 0 Å². The van der Waals surface area contributed by atoms with Gasteiger partial charge in [0.15, 0.2) is 0 Å². The van der Waals surface area contributed by atoms with E-state index in [1.54, 1.807) is 0 Å². The summed E-state index contributed by atoms with van der Waals surface area (Å²) in [5.41, 5.74) is 1.70. The quantitative estimate of drug-likeness (QED) is 0.817. The first-order chi connectivity index (χ1) is 9.56. The predicted molar refractivity (Wildman–Crippen MR) is 85.0 cm³/mol. The molecular weight excluding hydrogens is 246 g/mol. The lowest BCUT2D eigenvalue weighted by atomic mass is 9.83. The summed E-state index contributed by atoms with van der Waals surface area (Å²) >= 11 is 0. The van der Waals surface area contributed by atoms with Crippen molar-refractivity contribution >= 4 is 0 Å². The zero-order valence-electron chi connectivity index (χ0n) is 13.7. The van der Waals surface area contributed by atoms with Crippen molar-refractivity contribution in [3.8, 4) is 0 Å². The summed E-state index contributed by atoms with van der Waals surface area (Å²) in [6.45, 7) is 10.3. The second-order valence-electron chi connectivity index (χ2n) is 6.93. The van der Waals surface area contributed by atoms with Crippen LogP contribution in [0.15, 0.2) is 12.3 Å². The van der Waals surface area contributed by atoms with Crippen LogP contribution in [0, 0.1) is 5.41 Å². The molecule has 0 saturated heterocycles. The molecule has 0 radical (unpaired) electrons. The van der Waals surface area contributed by atoms with E-state index in [-0.39, 0.29) is 0 Å². The van der Waals surface area contributed by atoms with E-state index in [0.29, 0.717) is 11.5 Å². The van der Waals surface area contributed by atoms with Gasteiger partial charge in [0, 0.05) is 18.3 Å². The summed E-state index contributed by atoms with van der Waals surface area (Å²) in [5.74, 6) is 0. The highest BCUT2D eigenvalue weighted by molar-refractivity contribution is 5.05. The van der Waals surface area contributed by atoms with Crippen LogP contribution in [0.4, 0.5) is 0 Å².